The lowest BCUT2D eigenvalue weighted by molar-refractivity contribution is -0.118. The van der Waals surface area contributed by atoms with Crippen LogP contribution in [0.25, 0.3) is 11.1 Å². The van der Waals surface area contributed by atoms with Gasteiger partial charge < -0.3 is 9.73 Å². The Morgan fingerprint density at radius 1 is 1.14 bits per heavy atom. The van der Waals surface area contributed by atoms with Crippen molar-refractivity contribution >= 4 is 28.6 Å². The zero-order valence-corrected chi connectivity index (χ0v) is 11.8. The molecule has 0 aliphatic rings. The predicted octanol–water partition coefficient (Wildman–Crippen LogP) is 4.09. The van der Waals surface area contributed by atoms with Gasteiger partial charge in [-0.05, 0) is 29.8 Å². The quantitative estimate of drug-likeness (QED) is 0.764. The number of carbonyl (C=O) groups is 1. The summed E-state index contributed by atoms with van der Waals surface area (Å²) in [6, 6.07) is 15.8. The predicted molar refractivity (Wildman–Crippen MR) is 82.7 cm³/mol. The number of anilines is 2. The first-order chi connectivity index (χ1) is 10.2. The zero-order valence-electron chi connectivity index (χ0n) is 11.8. The van der Waals surface area contributed by atoms with Crippen LogP contribution in [0.5, 0.6) is 0 Å². The number of ketones is 1. The maximum Gasteiger partial charge on any atom is 0.300 e. The van der Waals surface area contributed by atoms with E-state index < -0.39 is 0 Å². The van der Waals surface area contributed by atoms with E-state index in [-0.39, 0.29) is 5.78 Å². The highest BCUT2D eigenvalue weighted by Crippen LogP contribution is 2.22. The molecular formula is C17H16N2O2. The van der Waals surface area contributed by atoms with Crippen LogP contribution in [-0.2, 0) is 11.2 Å². The Morgan fingerprint density at radius 3 is 2.62 bits per heavy atom. The third kappa shape index (κ3) is 3.11. The molecular weight excluding hydrogens is 264 g/mol. The maximum absolute atomic E-state index is 11.4. The summed E-state index contributed by atoms with van der Waals surface area (Å²) >= 11 is 0. The van der Waals surface area contributed by atoms with Crippen LogP contribution in [0.3, 0.4) is 0 Å². The van der Waals surface area contributed by atoms with Crippen molar-refractivity contribution in [1.29, 1.82) is 0 Å². The summed E-state index contributed by atoms with van der Waals surface area (Å²) < 4.78 is 5.61. The molecule has 1 heterocycles. The van der Waals surface area contributed by atoms with E-state index in [0.29, 0.717) is 18.9 Å². The number of fused-ring (bicyclic) bond motifs is 1. The molecule has 0 atom stereocenters. The number of para-hydroxylation sites is 2. The molecule has 0 spiro atoms. The molecule has 0 fully saturated rings. The molecule has 0 bridgehead atoms. The van der Waals surface area contributed by atoms with Gasteiger partial charge in [-0.3, -0.25) is 4.79 Å². The second-order valence-electron chi connectivity index (χ2n) is 4.88. The Balaban J connectivity index is 1.74. The van der Waals surface area contributed by atoms with E-state index in [4.69, 9.17) is 4.42 Å². The molecule has 2 aromatic carbocycles. The summed E-state index contributed by atoms with van der Waals surface area (Å²) in [6.45, 7) is 1.88. The molecule has 1 aromatic heterocycles. The van der Waals surface area contributed by atoms with E-state index >= 15 is 0 Å². The molecule has 1 N–H and O–H groups in total. The van der Waals surface area contributed by atoms with Gasteiger partial charge in [0.05, 0.1) is 0 Å². The number of hydrogen-bond donors (Lipinski definition) is 1. The van der Waals surface area contributed by atoms with Crippen LogP contribution < -0.4 is 5.32 Å². The zero-order chi connectivity index (χ0) is 14.7. The summed E-state index contributed by atoms with van der Waals surface area (Å²) in [5, 5.41) is 3.13. The minimum Gasteiger partial charge on any atom is -0.423 e. The second kappa shape index (κ2) is 5.79. The van der Waals surface area contributed by atoms with E-state index in [2.05, 4.69) is 10.3 Å². The fourth-order valence-electron chi connectivity index (χ4n) is 2.11. The lowest BCUT2D eigenvalue weighted by Crippen LogP contribution is -2.00. The first kappa shape index (κ1) is 13.4. The van der Waals surface area contributed by atoms with Crippen molar-refractivity contribution in [3.8, 4) is 0 Å². The SMILES string of the molecule is CCC(=O)Cc1ccc(Nc2nc3ccccc3o2)cc1. The van der Waals surface area contributed by atoms with Gasteiger partial charge in [-0.15, -0.1) is 0 Å². The topological polar surface area (TPSA) is 55.1 Å². The summed E-state index contributed by atoms with van der Waals surface area (Å²) in [6.07, 6.45) is 1.06. The number of oxazole rings is 1. The minimum absolute atomic E-state index is 0.245. The molecule has 0 unspecified atom stereocenters. The molecule has 0 amide bonds. The molecule has 0 saturated heterocycles. The smallest absolute Gasteiger partial charge is 0.300 e. The van der Waals surface area contributed by atoms with Crippen LogP contribution in [0.4, 0.5) is 11.7 Å². The molecule has 0 radical (unpaired) electrons. The van der Waals surface area contributed by atoms with E-state index in [9.17, 15) is 4.79 Å². The van der Waals surface area contributed by atoms with Gasteiger partial charge in [0.25, 0.3) is 6.01 Å². The highest BCUT2D eigenvalue weighted by Gasteiger charge is 2.05. The summed E-state index contributed by atoms with van der Waals surface area (Å²) in [4.78, 5) is 15.8. The number of nitrogens with one attached hydrogen (secondary N) is 1. The third-order valence-corrected chi connectivity index (χ3v) is 3.29. The van der Waals surface area contributed by atoms with Crippen molar-refractivity contribution < 1.29 is 9.21 Å². The molecule has 0 saturated carbocycles. The average Bonchev–Trinajstić information content (AvgIpc) is 2.91. The Morgan fingerprint density at radius 2 is 1.90 bits per heavy atom. The van der Waals surface area contributed by atoms with Gasteiger partial charge in [-0.2, -0.15) is 4.98 Å². The van der Waals surface area contributed by atoms with Gasteiger partial charge in [0.2, 0.25) is 0 Å². The first-order valence-corrected chi connectivity index (χ1v) is 6.98. The summed E-state index contributed by atoms with van der Waals surface area (Å²) in [5.41, 5.74) is 3.48. The molecule has 106 valence electrons. The normalized spacial score (nSPS) is 10.7. The number of benzene rings is 2. The standard InChI is InChI=1S/C17H16N2O2/c1-2-14(20)11-12-7-9-13(10-8-12)18-17-19-15-5-3-4-6-16(15)21-17/h3-10H,2,11H2,1H3,(H,18,19). The van der Waals surface area contributed by atoms with Crippen LogP contribution in [0, 0.1) is 0 Å². The molecule has 0 aliphatic heterocycles. The Hall–Kier alpha value is -2.62. The molecule has 3 rings (SSSR count). The van der Waals surface area contributed by atoms with Crippen molar-refractivity contribution in [2.45, 2.75) is 19.8 Å². The monoisotopic (exact) mass is 280 g/mol. The molecule has 4 heteroatoms. The summed E-state index contributed by atoms with van der Waals surface area (Å²) in [7, 11) is 0. The van der Waals surface area contributed by atoms with Gasteiger partial charge in [-0.1, -0.05) is 31.2 Å². The maximum atomic E-state index is 11.4. The van der Waals surface area contributed by atoms with Crippen molar-refractivity contribution in [2.75, 3.05) is 5.32 Å². The van der Waals surface area contributed by atoms with Crippen LogP contribution >= 0.6 is 0 Å². The fraction of sp³-hybridized carbons (Fsp3) is 0.176. The lowest BCUT2D eigenvalue weighted by Gasteiger charge is -2.03. The average molecular weight is 280 g/mol. The van der Waals surface area contributed by atoms with E-state index in [1.807, 2.05) is 55.5 Å². The van der Waals surface area contributed by atoms with Crippen molar-refractivity contribution in [3.05, 3.63) is 54.1 Å². The molecule has 21 heavy (non-hydrogen) atoms. The number of carbonyl (C=O) groups excluding carboxylic acids is 1. The Kier molecular flexibility index (Phi) is 3.69. The number of nitrogens with zero attached hydrogens (tertiary/aromatic N) is 1. The highest BCUT2D eigenvalue weighted by molar-refractivity contribution is 5.80. The van der Waals surface area contributed by atoms with Crippen molar-refractivity contribution in [2.24, 2.45) is 0 Å². The van der Waals surface area contributed by atoms with Crippen molar-refractivity contribution in [3.63, 3.8) is 0 Å². The van der Waals surface area contributed by atoms with E-state index in [0.717, 1.165) is 22.4 Å². The van der Waals surface area contributed by atoms with Gasteiger partial charge in [0.15, 0.2) is 5.58 Å². The third-order valence-electron chi connectivity index (χ3n) is 3.29. The fourth-order valence-corrected chi connectivity index (χ4v) is 2.11. The highest BCUT2D eigenvalue weighted by atomic mass is 16.4. The summed E-state index contributed by atoms with van der Waals surface area (Å²) in [5.74, 6) is 0.245. The first-order valence-electron chi connectivity index (χ1n) is 6.98. The lowest BCUT2D eigenvalue weighted by atomic mass is 10.1. The van der Waals surface area contributed by atoms with Gasteiger partial charge in [0.1, 0.15) is 11.3 Å². The number of rotatable bonds is 5. The van der Waals surface area contributed by atoms with Gasteiger partial charge in [-0.25, -0.2) is 0 Å². The minimum atomic E-state index is 0.245. The van der Waals surface area contributed by atoms with Crippen LogP contribution in [0.15, 0.2) is 52.9 Å². The Bertz CT molecular complexity index is 727. The largest absolute Gasteiger partial charge is 0.423 e. The van der Waals surface area contributed by atoms with Gasteiger partial charge in [0, 0.05) is 18.5 Å². The number of Topliss-reactive ketones (excluding diaryl/α,β-unsaturated/α-hetero) is 1. The van der Waals surface area contributed by atoms with Gasteiger partial charge >= 0.3 is 0 Å². The Labute approximate surface area is 122 Å². The second-order valence-corrected chi connectivity index (χ2v) is 4.88. The number of hydrogen-bond acceptors (Lipinski definition) is 4. The molecule has 3 aromatic rings. The van der Waals surface area contributed by atoms with E-state index in [1.165, 1.54) is 0 Å². The van der Waals surface area contributed by atoms with Crippen LogP contribution in [0.1, 0.15) is 18.9 Å². The van der Waals surface area contributed by atoms with Crippen molar-refractivity contribution in [1.82, 2.24) is 4.98 Å². The van der Waals surface area contributed by atoms with E-state index in [1.54, 1.807) is 0 Å². The number of aromatic nitrogens is 1. The molecule has 4 nitrogen and oxygen atoms in total. The van der Waals surface area contributed by atoms with Crippen LogP contribution in [0.2, 0.25) is 0 Å². The molecule has 0 aliphatic carbocycles. The van der Waals surface area contributed by atoms with Crippen LogP contribution in [-0.4, -0.2) is 10.8 Å².